The van der Waals surface area contributed by atoms with E-state index in [1.165, 1.54) is 0 Å². The molecular weight excluding hydrogens is 432 g/mol. The third-order valence-corrected chi connectivity index (χ3v) is 6.16. The summed E-state index contributed by atoms with van der Waals surface area (Å²) in [5.74, 6) is 1.35. The van der Waals surface area contributed by atoms with E-state index in [-0.39, 0.29) is 11.9 Å². The summed E-state index contributed by atoms with van der Waals surface area (Å²) in [6.45, 7) is 11.2. The number of hydrogen-bond donors (Lipinski definition) is 1. The van der Waals surface area contributed by atoms with Gasteiger partial charge in [0.05, 0.1) is 32.9 Å². The molecule has 1 fully saturated rings. The zero-order chi connectivity index (χ0) is 24.1. The van der Waals surface area contributed by atoms with Crippen molar-refractivity contribution in [2.75, 3.05) is 46.6 Å². The minimum Gasteiger partial charge on any atom is -0.494 e. The van der Waals surface area contributed by atoms with Crippen LogP contribution in [0.2, 0.25) is 0 Å². The van der Waals surface area contributed by atoms with E-state index in [0.717, 1.165) is 60.6 Å². The minimum absolute atomic E-state index is 0.189. The maximum Gasteiger partial charge on any atom is 0.272 e. The van der Waals surface area contributed by atoms with Crippen molar-refractivity contribution in [3.8, 4) is 11.5 Å². The van der Waals surface area contributed by atoms with Crippen molar-refractivity contribution >= 4 is 16.8 Å². The molecular formula is C26H34N4O4. The fraction of sp³-hybridized carbons (Fsp3) is 0.462. The van der Waals surface area contributed by atoms with E-state index in [1.54, 1.807) is 7.11 Å². The van der Waals surface area contributed by atoms with E-state index in [1.807, 2.05) is 61.9 Å². The Hall–Kier alpha value is -3.10. The third kappa shape index (κ3) is 5.34. The van der Waals surface area contributed by atoms with E-state index in [4.69, 9.17) is 19.3 Å². The van der Waals surface area contributed by atoms with Crippen LogP contribution in [0.1, 0.15) is 28.5 Å². The molecule has 4 rings (SSSR count). The molecule has 1 N–H and O–H groups in total. The lowest BCUT2D eigenvalue weighted by Gasteiger charge is -2.26. The van der Waals surface area contributed by atoms with E-state index in [0.29, 0.717) is 24.6 Å². The van der Waals surface area contributed by atoms with Gasteiger partial charge in [0.15, 0.2) is 5.69 Å². The van der Waals surface area contributed by atoms with E-state index >= 15 is 0 Å². The van der Waals surface area contributed by atoms with Crippen LogP contribution in [0.3, 0.4) is 0 Å². The number of nitrogens with one attached hydrogen (secondary N) is 1. The van der Waals surface area contributed by atoms with Gasteiger partial charge in [0.1, 0.15) is 23.6 Å². The number of ether oxygens (including phenoxy) is 3. The van der Waals surface area contributed by atoms with Crippen molar-refractivity contribution in [2.24, 2.45) is 0 Å². The van der Waals surface area contributed by atoms with Gasteiger partial charge in [-0.2, -0.15) is 5.10 Å². The Bertz CT molecular complexity index is 1120. The number of carbonyl (C=O) groups excluding carboxylic acids is 1. The van der Waals surface area contributed by atoms with Crippen LogP contribution < -0.4 is 14.8 Å². The second-order valence-electron chi connectivity index (χ2n) is 8.79. The molecule has 1 aliphatic heterocycles. The molecule has 0 radical (unpaired) electrons. The Labute approximate surface area is 200 Å². The first-order valence-corrected chi connectivity index (χ1v) is 11.8. The highest BCUT2D eigenvalue weighted by Crippen LogP contribution is 2.28. The van der Waals surface area contributed by atoms with Crippen molar-refractivity contribution in [3.63, 3.8) is 0 Å². The number of carbonyl (C=O) groups is 1. The van der Waals surface area contributed by atoms with Crippen molar-refractivity contribution < 1.29 is 19.0 Å². The topological polar surface area (TPSA) is 77.8 Å². The molecule has 182 valence electrons. The quantitative estimate of drug-likeness (QED) is 0.522. The summed E-state index contributed by atoms with van der Waals surface area (Å²) in [6, 6.07) is 11.6. The van der Waals surface area contributed by atoms with Crippen LogP contribution in [0.25, 0.3) is 10.9 Å². The summed E-state index contributed by atoms with van der Waals surface area (Å²) in [5, 5.41) is 8.53. The second kappa shape index (κ2) is 10.9. The van der Waals surface area contributed by atoms with E-state index in [9.17, 15) is 4.79 Å². The van der Waals surface area contributed by atoms with Gasteiger partial charge < -0.3 is 19.5 Å². The number of benzene rings is 2. The first-order valence-electron chi connectivity index (χ1n) is 11.8. The zero-order valence-corrected chi connectivity index (χ0v) is 20.5. The molecule has 1 amide bonds. The van der Waals surface area contributed by atoms with Crippen LogP contribution in [-0.4, -0.2) is 73.2 Å². The summed E-state index contributed by atoms with van der Waals surface area (Å²) in [4.78, 5) is 15.6. The van der Waals surface area contributed by atoms with E-state index in [2.05, 4.69) is 10.2 Å². The maximum atomic E-state index is 13.2. The second-order valence-corrected chi connectivity index (χ2v) is 8.79. The van der Waals surface area contributed by atoms with Gasteiger partial charge in [-0.05, 0) is 38.0 Å². The monoisotopic (exact) mass is 466 g/mol. The van der Waals surface area contributed by atoms with Gasteiger partial charge in [-0.1, -0.05) is 30.3 Å². The highest BCUT2D eigenvalue weighted by atomic mass is 16.5. The number of aromatic nitrogens is 2. The Morgan fingerprint density at radius 1 is 1.12 bits per heavy atom. The lowest BCUT2D eigenvalue weighted by molar-refractivity contribution is 0.0361. The Balaban J connectivity index is 1.49. The minimum atomic E-state index is -0.221. The third-order valence-electron chi connectivity index (χ3n) is 6.16. The predicted octanol–water partition coefficient (Wildman–Crippen LogP) is 3.19. The standard InChI is InChI=1S/C26H34N4O4/c1-18-7-5-8-19(2)25(18)34-17-20(3)27-26(31)23-21-9-6-10-22(32-4)24(21)30(28-23)12-11-29-13-15-33-16-14-29/h5-10,20H,11-17H2,1-4H3,(H,27,31). The van der Waals surface area contributed by atoms with Gasteiger partial charge in [0.25, 0.3) is 5.91 Å². The zero-order valence-electron chi connectivity index (χ0n) is 20.5. The number of aryl methyl sites for hydroxylation is 2. The van der Waals surface area contributed by atoms with Gasteiger partial charge in [-0.15, -0.1) is 0 Å². The number of para-hydroxylation sites is 2. The number of fused-ring (bicyclic) bond motifs is 1. The molecule has 34 heavy (non-hydrogen) atoms. The molecule has 8 nitrogen and oxygen atoms in total. The molecule has 0 spiro atoms. The van der Waals surface area contributed by atoms with Gasteiger partial charge >= 0.3 is 0 Å². The van der Waals surface area contributed by atoms with Gasteiger partial charge in [0, 0.05) is 25.0 Å². The normalized spacial score (nSPS) is 15.3. The molecule has 2 aromatic carbocycles. The Kier molecular flexibility index (Phi) is 7.70. The van der Waals surface area contributed by atoms with Crippen LogP contribution in [-0.2, 0) is 11.3 Å². The lowest BCUT2D eigenvalue weighted by atomic mass is 10.1. The highest BCUT2D eigenvalue weighted by Gasteiger charge is 2.22. The highest BCUT2D eigenvalue weighted by molar-refractivity contribution is 6.06. The molecule has 2 heterocycles. The number of morpholine rings is 1. The molecule has 1 aliphatic rings. The number of rotatable bonds is 9. The molecule has 1 saturated heterocycles. The van der Waals surface area contributed by atoms with Crippen LogP contribution >= 0.6 is 0 Å². The molecule has 0 aliphatic carbocycles. The fourth-order valence-corrected chi connectivity index (χ4v) is 4.33. The summed E-state index contributed by atoms with van der Waals surface area (Å²) in [6.07, 6.45) is 0. The Morgan fingerprint density at radius 2 is 1.82 bits per heavy atom. The van der Waals surface area contributed by atoms with Gasteiger partial charge in [-0.25, -0.2) is 0 Å². The number of methoxy groups -OCH3 is 1. The number of hydrogen-bond acceptors (Lipinski definition) is 6. The summed E-state index contributed by atoms with van der Waals surface area (Å²) in [5.41, 5.74) is 3.39. The summed E-state index contributed by atoms with van der Waals surface area (Å²) in [7, 11) is 1.64. The van der Waals surface area contributed by atoms with E-state index < -0.39 is 0 Å². The molecule has 1 unspecified atom stereocenters. The molecule has 1 aromatic heterocycles. The average molecular weight is 467 g/mol. The average Bonchev–Trinajstić information content (AvgIpc) is 3.22. The van der Waals surface area contributed by atoms with Crippen LogP contribution in [0.5, 0.6) is 11.5 Å². The first kappa shape index (κ1) is 24.0. The fourth-order valence-electron chi connectivity index (χ4n) is 4.33. The predicted molar refractivity (Wildman–Crippen MR) is 132 cm³/mol. The molecule has 0 bridgehead atoms. The Morgan fingerprint density at radius 3 is 2.53 bits per heavy atom. The molecule has 8 heteroatoms. The van der Waals surface area contributed by atoms with Crippen molar-refractivity contribution in [3.05, 3.63) is 53.2 Å². The molecule has 0 saturated carbocycles. The van der Waals surface area contributed by atoms with Crippen LogP contribution in [0.15, 0.2) is 36.4 Å². The van der Waals surface area contributed by atoms with Crippen molar-refractivity contribution in [1.29, 1.82) is 0 Å². The summed E-state index contributed by atoms with van der Waals surface area (Å²) < 4.78 is 19.0. The largest absolute Gasteiger partial charge is 0.494 e. The molecule has 3 aromatic rings. The maximum absolute atomic E-state index is 13.2. The number of amides is 1. The van der Waals surface area contributed by atoms with Crippen molar-refractivity contribution in [1.82, 2.24) is 20.0 Å². The lowest BCUT2D eigenvalue weighted by Crippen LogP contribution is -2.38. The van der Waals surface area contributed by atoms with Crippen LogP contribution in [0.4, 0.5) is 0 Å². The van der Waals surface area contributed by atoms with Crippen molar-refractivity contribution in [2.45, 2.75) is 33.4 Å². The molecule has 1 atom stereocenters. The first-order chi connectivity index (χ1) is 16.5. The van der Waals surface area contributed by atoms with Gasteiger partial charge in [0.2, 0.25) is 0 Å². The number of nitrogens with zero attached hydrogens (tertiary/aromatic N) is 3. The summed E-state index contributed by atoms with van der Waals surface area (Å²) >= 11 is 0. The van der Waals surface area contributed by atoms with Gasteiger partial charge in [-0.3, -0.25) is 14.4 Å². The van der Waals surface area contributed by atoms with Crippen LogP contribution in [0, 0.1) is 13.8 Å². The SMILES string of the molecule is COc1cccc2c(C(=O)NC(C)COc3c(C)cccc3C)nn(CCN3CCOCC3)c12. The smallest absolute Gasteiger partial charge is 0.272 e.